The van der Waals surface area contributed by atoms with Gasteiger partial charge in [0.1, 0.15) is 5.75 Å². The van der Waals surface area contributed by atoms with Crippen LogP contribution in [0.3, 0.4) is 0 Å². The van der Waals surface area contributed by atoms with Gasteiger partial charge in [0.25, 0.3) is 0 Å². The number of benzene rings is 1. The van der Waals surface area contributed by atoms with Gasteiger partial charge in [0.2, 0.25) is 5.91 Å². The van der Waals surface area contributed by atoms with Crippen LogP contribution >= 0.6 is 0 Å². The molecule has 37 heavy (non-hydrogen) atoms. The summed E-state index contributed by atoms with van der Waals surface area (Å²) in [6.07, 6.45) is 3.61. The third-order valence-electron chi connectivity index (χ3n) is 7.41. The molecule has 1 saturated carbocycles. The number of rotatable bonds is 7. The zero-order valence-corrected chi connectivity index (χ0v) is 21.9. The van der Waals surface area contributed by atoms with Crippen molar-refractivity contribution >= 4 is 27.2 Å². The SMILES string of the molecule is C[C@]1(NC(=O)[C@H]2CC/C(=C(/N)c3cccc(OC(F)F)c3)C(=NCC3CCOCC3)C2)CCS(=O)(=O)C1. The number of allylic oxidation sites excluding steroid dienone is 1. The summed E-state index contributed by atoms with van der Waals surface area (Å²) in [6.45, 7) is 0.823. The molecular formula is C26H35F2N3O5S. The van der Waals surface area contributed by atoms with Crippen molar-refractivity contribution in [1.82, 2.24) is 5.32 Å². The Morgan fingerprint density at radius 2 is 2.05 bits per heavy atom. The molecule has 2 saturated heterocycles. The van der Waals surface area contributed by atoms with E-state index in [0.29, 0.717) is 62.6 Å². The van der Waals surface area contributed by atoms with E-state index < -0.39 is 22.0 Å². The first-order valence-corrected chi connectivity index (χ1v) is 14.5. The lowest BCUT2D eigenvalue weighted by Crippen LogP contribution is -2.50. The van der Waals surface area contributed by atoms with E-state index in [1.165, 1.54) is 12.1 Å². The van der Waals surface area contributed by atoms with Crippen LogP contribution in [0.5, 0.6) is 5.75 Å². The van der Waals surface area contributed by atoms with E-state index in [4.69, 9.17) is 15.5 Å². The van der Waals surface area contributed by atoms with Crippen LogP contribution in [-0.2, 0) is 19.4 Å². The fourth-order valence-corrected chi connectivity index (χ4v) is 7.38. The largest absolute Gasteiger partial charge is 0.435 e. The van der Waals surface area contributed by atoms with Crippen LogP contribution in [0.2, 0.25) is 0 Å². The van der Waals surface area contributed by atoms with Crippen molar-refractivity contribution in [3.8, 4) is 5.75 Å². The number of halogens is 2. The smallest absolute Gasteiger partial charge is 0.387 e. The van der Waals surface area contributed by atoms with Gasteiger partial charge in [0.15, 0.2) is 9.84 Å². The molecule has 0 radical (unpaired) electrons. The zero-order valence-electron chi connectivity index (χ0n) is 21.0. The number of carbonyl (C=O) groups is 1. The number of alkyl halides is 2. The van der Waals surface area contributed by atoms with E-state index in [1.54, 1.807) is 19.1 Å². The summed E-state index contributed by atoms with van der Waals surface area (Å²) in [4.78, 5) is 18.1. The van der Waals surface area contributed by atoms with Gasteiger partial charge in [0, 0.05) is 49.1 Å². The highest BCUT2D eigenvalue weighted by Crippen LogP contribution is 2.33. The van der Waals surface area contributed by atoms with Gasteiger partial charge >= 0.3 is 6.61 Å². The molecule has 3 N–H and O–H groups in total. The highest BCUT2D eigenvalue weighted by molar-refractivity contribution is 7.91. The molecule has 0 bridgehead atoms. The molecule has 11 heteroatoms. The van der Waals surface area contributed by atoms with Crippen molar-refractivity contribution in [1.29, 1.82) is 0 Å². The highest BCUT2D eigenvalue weighted by atomic mass is 32.2. The Balaban J connectivity index is 1.56. The Kier molecular flexibility index (Phi) is 8.52. The second kappa shape index (κ2) is 11.5. The topological polar surface area (TPSA) is 120 Å². The summed E-state index contributed by atoms with van der Waals surface area (Å²) >= 11 is 0. The van der Waals surface area contributed by atoms with Crippen LogP contribution < -0.4 is 15.8 Å². The Morgan fingerprint density at radius 3 is 2.73 bits per heavy atom. The molecular weight excluding hydrogens is 504 g/mol. The maximum Gasteiger partial charge on any atom is 0.387 e. The predicted octanol–water partition coefficient (Wildman–Crippen LogP) is 3.32. The van der Waals surface area contributed by atoms with E-state index >= 15 is 0 Å². The molecule has 0 aromatic heterocycles. The quantitative estimate of drug-likeness (QED) is 0.549. The minimum Gasteiger partial charge on any atom is -0.435 e. The van der Waals surface area contributed by atoms with E-state index in [1.807, 2.05) is 0 Å². The lowest BCUT2D eigenvalue weighted by Gasteiger charge is -2.31. The minimum atomic E-state index is -3.15. The van der Waals surface area contributed by atoms with E-state index in [2.05, 4.69) is 10.1 Å². The maximum absolute atomic E-state index is 13.2. The van der Waals surface area contributed by atoms with Crippen molar-refractivity contribution in [3.63, 3.8) is 0 Å². The number of carbonyl (C=O) groups excluding carboxylic acids is 1. The third kappa shape index (κ3) is 7.28. The number of nitrogens with one attached hydrogen (secondary N) is 1. The number of ether oxygens (including phenoxy) is 2. The third-order valence-corrected chi connectivity index (χ3v) is 9.31. The second-order valence-corrected chi connectivity index (χ2v) is 12.7. The van der Waals surface area contributed by atoms with Gasteiger partial charge in [-0.25, -0.2) is 8.42 Å². The first kappa shape index (κ1) is 27.5. The van der Waals surface area contributed by atoms with Crippen molar-refractivity contribution in [2.75, 3.05) is 31.3 Å². The van der Waals surface area contributed by atoms with Gasteiger partial charge in [0.05, 0.1) is 17.0 Å². The number of sulfone groups is 1. The standard InChI is InChI=1S/C26H35F2N3O5S/c1-26(9-12-37(33,34)16-26)31-24(32)19-5-6-21(22(14-19)30-15-17-7-10-35-11-8-17)23(29)18-3-2-4-20(13-18)36-25(27)28/h2-4,13,17,19,25H,5-12,14-16,29H2,1H3,(H,31,32)/b23-21-,30-22?/t19-,26-/m0/s1. The molecule has 2 aliphatic heterocycles. The van der Waals surface area contributed by atoms with E-state index in [9.17, 15) is 22.0 Å². The average molecular weight is 540 g/mol. The molecule has 4 rings (SSSR count). The summed E-state index contributed by atoms with van der Waals surface area (Å²) in [5.74, 6) is -0.128. The van der Waals surface area contributed by atoms with Crippen LogP contribution in [0.15, 0.2) is 34.8 Å². The fourth-order valence-electron chi connectivity index (χ4n) is 5.29. The van der Waals surface area contributed by atoms with E-state index in [-0.39, 0.29) is 29.1 Å². The molecule has 1 aromatic carbocycles. The summed E-state index contributed by atoms with van der Waals surface area (Å²) < 4.78 is 59.4. The summed E-state index contributed by atoms with van der Waals surface area (Å²) in [7, 11) is -3.15. The molecule has 1 amide bonds. The summed E-state index contributed by atoms with van der Waals surface area (Å²) in [6, 6.07) is 6.26. The maximum atomic E-state index is 13.2. The molecule has 0 unspecified atom stereocenters. The van der Waals surface area contributed by atoms with Gasteiger partial charge in [-0.1, -0.05) is 12.1 Å². The molecule has 204 valence electrons. The van der Waals surface area contributed by atoms with E-state index in [0.717, 1.165) is 24.1 Å². The van der Waals surface area contributed by atoms with Crippen molar-refractivity contribution in [3.05, 3.63) is 35.4 Å². The number of nitrogens with two attached hydrogens (primary N) is 1. The zero-order chi connectivity index (χ0) is 26.6. The monoisotopic (exact) mass is 539 g/mol. The Labute approximate surface area is 216 Å². The highest BCUT2D eigenvalue weighted by Gasteiger charge is 2.41. The lowest BCUT2D eigenvalue weighted by molar-refractivity contribution is -0.126. The molecule has 3 aliphatic rings. The molecule has 0 spiro atoms. The Hall–Kier alpha value is -2.53. The normalized spacial score (nSPS) is 28.9. The van der Waals surface area contributed by atoms with Crippen molar-refractivity contribution < 1.29 is 31.5 Å². The lowest BCUT2D eigenvalue weighted by atomic mass is 9.81. The van der Waals surface area contributed by atoms with Gasteiger partial charge in [-0.05, 0) is 62.7 Å². The van der Waals surface area contributed by atoms with Gasteiger partial charge in [-0.15, -0.1) is 0 Å². The Morgan fingerprint density at radius 1 is 1.30 bits per heavy atom. The fraction of sp³-hybridized carbons (Fsp3) is 0.615. The first-order chi connectivity index (χ1) is 17.5. The Bertz CT molecular complexity index is 1160. The number of hydrogen-bond donors (Lipinski definition) is 2. The average Bonchev–Trinajstić information content (AvgIpc) is 3.14. The van der Waals surface area contributed by atoms with Crippen LogP contribution in [0, 0.1) is 11.8 Å². The molecule has 2 heterocycles. The number of nitrogens with zero attached hydrogens (tertiary/aromatic N) is 1. The minimum absolute atomic E-state index is 0.0181. The van der Waals surface area contributed by atoms with Crippen LogP contribution in [0.25, 0.3) is 5.70 Å². The second-order valence-electron chi connectivity index (χ2n) is 10.5. The summed E-state index contributed by atoms with van der Waals surface area (Å²) in [5.41, 5.74) is 8.30. The van der Waals surface area contributed by atoms with Crippen LogP contribution in [-0.4, -0.2) is 63.5 Å². The molecule has 3 fully saturated rings. The van der Waals surface area contributed by atoms with Crippen molar-refractivity contribution in [2.45, 2.75) is 57.6 Å². The molecule has 2 atom stereocenters. The summed E-state index contributed by atoms with van der Waals surface area (Å²) in [5, 5.41) is 2.98. The van der Waals surface area contributed by atoms with Crippen molar-refractivity contribution in [2.24, 2.45) is 22.6 Å². The number of aliphatic imine (C=N–C) groups is 1. The molecule has 8 nitrogen and oxygen atoms in total. The van der Waals surface area contributed by atoms with Crippen LogP contribution in [0.4, 0.5) is 8.78 Å². The van der Waals surface area contributed by atoms with Gasteiger partial charge < -0.3 is 20.5 Å². The van der Waals surface area contributed by atoms with Crippen LogP contribution in [0.1, 0.15) is 51.0 Å². The molecule has 1 aromatic rings. The predicted molar refractivity (Wildman–Crippen MR) is 137 cm³/mol. The van der Waals surface area contributed by atoms with Gasteiger partial charge in [-0.3, -0.25) is 9.79 Å². The number of amides is 1. The number of hydrogen-bond acceptors (Lipinski definition) is 7. The first-order valence-electron chi connectivity index (χ1n) is 12.7. The van der Waals surface area contributed by atoms with Gasteiger partial charge in [-0.2, -0.15) is 8.78 Å². The molecule has 1 aliphatic carbocycles.